The standard InChI is InChI=1S/C19H21N/c1-3-8-16(14-20)17(9-4-2)19-13-7-11-15-10-5-6-12-18(15)19/h5-7,10-13H,3-4,8-9H2,1-2H3/b17-16-. The second-order valence-electron chi connectivity index (χ2n) is 5.10. The van der Waals surface area contributed by atoms with E-state index in [-0.39, 0.29) is 0 Å². The van der Waals surface area contributed by atoms with Gasteiger partial charge < -0.3 is 0 Å². The molecule has 20 heavy (non-hydrogen) atoms. The molecule has 102 valence electrons. The zero-order chi connectivity index (χ0) is 14.4. The summed E-state index contributed by atoms with van der Waals surface area (Å²) in [5, 5.41) is 12.0. The average Bonchev–Trinajstić information content (AvgIpc) is 2.50. The smallest absolute Gasteiger partial charge is 0.0950 e. The average molecular weight is 263 g/mol. The van der Waals surface area contributed by atoms with E-state index < -0.39 is 0 Å². The molecule has 1 heteroatoms. The summed E-state index contributed by atoms with van der Waals surface area (Å²) in [6.07, 6.45) is 3.92. The van der Waals surface area contributed by atoms with Crippen molar-refractivity contribution < 1.29 is 0 Å². The van der Waals surface area contributed by atoms with Crippen molar-refractivity contribution in [3.63, 3.8) is 0 Å². The summed E-state index contributed by atoms with van der Waals surface area (Å²) in [4.78, 5) is 0. The Hall–Kier alpha value is -2.07. The summed E-state index contributed by atoms with van der Waals surface area (Å²) in [5.74, 6) is 0. The number of benzene rings is 2. The molecule has 0 spiro atoms. The zero-order valence-corrected chi connectivity index (χ0v) is 12.3. The van der Waals surface area contributed by atoms with E-state index in [0.29, 0.717) is 0 Å². The molecular formula is C19H21N. The summed E-state index contributed by atoms with van der Waals surface area (Å²) < 4.78 is 0. The first-order valence-corrected chi connectivity index (χ1v) is 7.42. The Kier molecular flexibility index (Phi) is 4.96. The molecule has 0 aliphatic heterocycles. The van der Waals surface area contributed by atoms with E-state index >= 15 is 0 Å². The van der Waals surface area contributed by atoms with Crippen molar-refractivity contribution in [2.45, 2.75) is 39.5 Å². The maximum Gasteiger partial charge on any atom is 0.0950 e. The second-order valence-corrected chi connectivity index (χ2v) is 5.10. The van der Waals surface area contributed by atoms with Crippen LogP contribution in [0.3, 0.4) is 0 Å². The van der Waals surface area contributed by atoms with Gasteiger partial charge in [-0.3, -0.25) is 0 Å². The van der Waals surface area contributed by atoms with Gasteiger partial charge in [-0.15, -0.1) is 0 Å². The van der Waals surface area contributed by atoms with E-state index in [1.807, 2.05) is 0 Å². The molecule has 0 fully saturated rings. The van der Waals surface area contributed by atoms with E-state index in [2.05, 4.69) is 62.4 Å². The fourth-order valence-electron chi connectivity index (χ4n) is 2.71. The van der Waals surface area contributed by atoms with Crippen molar-refractivity contribution >= 4 is 16.3 Å². The topological polar surface area (TPSA) is 23.8 Å². The van der Waals surface area contributed by atoms with E-state index in [0.717, 1.165) is 31.3 Å². The van der Waals surface area contributed by atoms with Gasteiger partial charge in [0.15, 0.2) is 0 Å². The molecule has 0 aromatic heterocycles. The Morgan fingerprint density at radius 2 is 1.65 bits per heavy atom. The molecule has 0 aliphatic carbocycles. The third kappa shape index (κ3) is 2.91. The second kappa shape index (κ2) is 6.91. The number of allylic oxidation sites excluding steroid dienone is 2. The van der Waals surface area contributed by atoms with Crippen LogP contribution in [-0.4, -0.2) is 0 Å². The number of nitrogens with zero attached hydrogens (tertiary/aromatic N) is 1. The number of rotatable bonds is 5. The molecule has 0 N–H and O–H groups in total. The number of hydrogen-bond acceptors (Lipinski definition) is 1. The van der Waals surface area contributed by atoms with Crippen LogP contribution in [0.5, 0.6) is 0 Å². The number of nitriles is 1. The van der Waals surface area contributed by atoms with Crippen LogP contribution in [0.4, 0.5) is 0 Å². The van der Waals surface area contributed by atoms with Gasteiger partial charge in [0, 0.05) is 5.57 Å². The summed E-state index contributed by atoms with van der Waals surface area (Å²) in [5.41, 5.74) is 3.41. The first-order chi connectivity index (χ1) is 9.81. The monoisotopic (exact) mass is 263 g/mol. The van der Waals surface area contributed by atoms with Gasteiger partial charge in [0.05, 0.1) is 6.07 Å². The molecular weight excluding hydrogens is 242 g/mol. The minimum absolute atomic E-state index is 0.870. The highest BCUT2D eigenvalue weighted by Gasteiger charge is 2.11. The summed E-state index contributed by atoms with van der Waals surface area (Å²) >= 11 is 0. The summed E-state index contributed by atoms with van der Waals surface area (Å²) in [6.45, 7) is 4.30. The van der Waals surface area contributed by atoms with Crippen molar-refractivity contribution in [3.8, 4) is 6.07 Å². The van der Waals surface area contributed by atoms with Crippen LogP contribution in [0.2, 0.25) is 0 Å². The van der Waals surface area contributed by atoms with Crippen molar-refractivity contribution in [2.75, 3.05) is 0 Å². The van der Waals surface area contributed by atoms with Gasteiger partial charge in [-0.05, 0) is 34.8 Å². The van der Waals surface area contributed by atoms with Crippen molar-refractivity contribution in [3.05, 3.63) is 53.6 Å². The van der Waals surface area contributed by atoms with Crippen LogP contribution in [0, 0.1) is 11.3 Å². The van der Waals surface area contributed by atoms with Crippen LogP contribution in [0.1, 0.15) is 45.1 Å². The first-order valence-electron chi connectivity index (χ1n) is 7.42. The maximum atomic E-state index is 9.48. The normalized spacial score (nSPS) is 12.1. The van der Waals surface area contributed by atoms with E-state index in [4.69, 9.17) is 0 Å². The molecule has 0 saturated carbocycles. The van der Waals surface area contributed by atoms with Crippen molar-refractivity contribution in [1.82, 2.24) is 0 Å². The fourth-order valence-corrected chi connectivity index (χ4v) is 2.71. The molecule has 0 aliphatic rings. The van der Waals surface area contributed by atoms with Crippen LogP contribution < -0.4 is 0 Å². The maximum absolute atomic E-state index is 9.48. The quantitative estimate of drug-likeness (QED) is 0.633. The Bertz CT molecular complexity index is 654. The largest absolute Gasteiger partial charge is 0.193 e. The SMILES string of the molecule is CCC/C(C#N)=C(\CCC)c1cccc2ccccc12. The third-order valence-electron chi connectivity index (χ3n) is 3.61. The zero-order valence-electron chi connectivity index (χ0n) is 12.3. The molecule has 0 amide bonds. The van der Waals surface area contributed by atoms with Crippen LogP contribution in [-0.2, 0) is 0 Å². The van der Waals surface area contributed by atoms with E-state index in [9.17, 15) is 5.26 Å². The van der Waals surface area contributed by atoms with Gasteiger partial charge >= 0.3 is 0 Å². The minimum atomic E-state index is 0.870. The summed E-state index contributed by atoms with van der Waals surface area (Å²) in [7, 11) is 0. The Morgan fingerprint density at radius 3 is 2.35 bits per heavy atom. The van der Waals surface area contributed by atoms with Crippen molar-refractivity contribution in [2.24, 2.45) is 0 Å². The molecule has 0 atom stereocenters. The first kappa shape index (κ1) is 14.3. The van der Waals surface area contributed by atoms with Crippen LogP contribution >= 0.6 is 0 Å². The highest BCUT2D eigenvalue weighted by molar-refractivity contribution is 5.95. The highest BCUT2D eigenvalue weighted by atomic mass is 14.3. The molecule has 2 aromatic rings. The Labute approximate surface area is 121 Å². The fraction of sp³-hybridized carbons (Fsp3) is 0.316. The Morgan fingerprint density at radius 1 is 0.950 bits per heavy atom. The molecule has 0 bridgehead atoms. The molecule has 1 nitrogen and oxygen atoms in total. The summed E-state index contributed by atoms with van der Waals surface area (Å²) in [6, 6.07) is 17.2. The molecule has 0 saturated heterocycles. The lowest BCUT2D eigenvalue weighted by Crippen LogP contribution is -1.93. The molecule has 0 heterocycles. The predicted octanol–water partition coefficient (Wildman–Crippen LogP) is 5.72. The molecule has 2 rings (SSSR count). The lowest BCUT2D eigenvalue weighted by Gasteiger charge is -2.13. The number of hydrogen-bond donors (Lipinski definition) is 0. The van der Waals surface area contributed by atoms with Crippen LogP contribution in [0.25, 0.3) is 16.3 Å². The molecule has 0 radical (unpaired) electrons. The van der Waals surface area contributed by atoms with Gasteiger partial charge in [0.2, 0.25) is 0 Å². The van der Waals surface area contributed by atoms with E-state index in [1.54, 1.807) is 0 Å². The highest BCUT2D eigenvalue weighted by Crippen LogP contribution is 2.31. The third-order valence-corrected chi connectivity index (χ3v) is 3.61. The lowest BCUT2D eigenvalue weighted by atomic mass is 9.90. The number of fused-ring (bicyclic) bond motifs is 1. The van der Waals surface area contributed by atoms with Gasteiger partial charge in [0.1, 0.15) is 0 Å². The Balaban J connectivity index is 2.67. The van der Waals surface area contributed by atoms with Crippen LogP contribution in [0.15, 0.2) is 48.0 Å². The van der Waals surface area contributed by atoms with Gasteiger partial charge in [-0.1, -0.05) is 69.2 Å². The predicted molar refractivity (Wildman–Crippen MR) is 86.3 cm³/mol. The van der Waals surface area contributed by atoms with Crippen molar-refractivity contribution in [1.29, 1.82) is 5.26 Å². The van der Waals surface area contributed by atoms with Gasteiger partial charge in [-0.2, -0.15) is 5.26 Å². The lowest BCUT2D eigenvalue weighted by molar-refractivity contribution is 0.908. The molecule has 2 aromatic carbocycles. The minimum Gasteiger partial charge on any atom is -0.193 e. The molecule has 0 unspecified atom stereocenters. The van der Waals surface area contributed by atoms with Gasteiger partial charge in [0.25, 0.3) is 0 Å². The van der Waals surface area contributed by atoms with Gasteiger partial charge in [-0.25, -0.2) is 0 Å². The van der Waals surface area contributed by atoms with E-state index in [1.165, 1.54) is 21.9 Å².